The monoisotopic (exact) mass is 351 g/mol. The quantitative estimate of drug-likeness (QED) is 0.894. The van der Waals surface area contributed by atoms with Crippen LogP contribution in [-0.4, -0.2) is 23.0 Å². The lowest BCUT2D eigenvalue weighted by atomic mass is 9.76. The fourth-order valence-corrected chi connectivity index (χ4v) is 4.69. The van der Waals surface area contributed by atoms with Crippen LogP contribution in [0.3, 0.4) is 0 Å². The SMILES string of the molecule is COc1cc([C@H]2C3CCCCC3C(=O)N2Cc2ccccc2)ccc1O. The number of phenolic OH excluding ortho intramolecular Hbond substituents is 1. The van der Waals surface area contributed by atoms with E-state index in [4.69, 9.17) is 4.74 Å². The van der Waals surface area contributed by atoms with Crippen LogP contribution in [0.15, 0.2) is 48.5 Å². The van der Waals surface area contributed by atoms with E-state index in [0.29, 0.717) is 18.2 Å². The van der Waals surface area contributed by atoms with Gasteiger partial charge in [-0.05, 0) is 42.0 Å². The predicted molar refractivity (Wildman–Crippen MR) is 99.8 cm³/mol. The van der Waals surface area contributed by atoms with Gasteiger partial charge in [-0.25, -0.2) is 0 Å². The van der Waals surface area contributed by atoms with Gasteiger partial charge in [0.05, 0.1) is 13.2 Å². The Morgan fingerprint density at radius 3 is 2.65 bits per heavy atom. The van der Waals surface area contributed by atoms with Gasteiger partial charge in [0.2, 0.25) is 5.91 Å². The first-order valence-corrected chi connectivity index (χ1v) is 9.40. The van der Waals surface area contributed by atoms with Crippen LogP contribution in [0.2, 0.25) is 0 Å². The number of hydrogen-bond donors (Lipinski definition) is 1. The molecule has 0 bridgehead atoms. The Bertz CT molecular complexity index is 789. The predicted octanol–water partition coefficient (Wildman–Crippen LogP) is 4.29. The number of methoxy groups -OCH3 is 1. The standard InChI is InChI=1S/C22H25NO3/c1-26-20-13-16(11-12-19(20)24)21-17-9-5-6-10-18(17)22(25)23(21)14-15-7-3-2-4-8-15/h2-4,7-8,11-13,17-18,21,24H,5-6,9-10,14H2,1H3/t17?,18?,21-/m0/s1. The Morgan fingerprint density at radius 1 is 1.12 bits per heavy atom. The molecule has 2 aromatic carbocycles. The minimum absolute atomic E-state index is 0.0440. The molecule has 2 fully saturated rings. The molecular formula is C22H25NO3. The highest BCUT2D eigenvalue weighted by Crippen LogP contribution is 2.50. The zero-order valence-electron chi connectivity index (χ0n) is 15.1. The Morgan fingerprint density at radius 2 is 1.88 bits per heavy atom. The van der Waals surface area contributed by atoms with E-state index in [-0.39, 0.29) is 23.6 Å². The fraction of sp³-hybridized carbons (Fsp3) is 0.409. The van der Waals surface area contributed by atoms with Gasteiger partial charge in [0.1, 0.15) is 0 Å². The first kappa shape index (κ1) is 17.0. The van der Waals surface area contributed by atoms with Gasteiger partial charge in [0.15, 0.2) is 11.5 Å². The number of carbonyl (C=O) groups is 1. The van der Waals surface area contributed by atoms with E-state index in [1.54, 1.807) is 13.2 Å². The van der Waals surface area contributed by atoms with Crippen molar-refractivity contribution in [1.29, 1.82) is 0 Å². The van der Waals surface area contributed by atoms with E-state index in [9.17, 15) is 9.90 Å². The summed E-state index contributed by atoms with van der Waals surface area (Å²) in [6.45, 7) is 0.626. The van der Waals surface area contributed by atoms with Crippen molar-refractivity contribution in [1.82, 2.24) is 4.90 Å². The van der Waals surface area contributed by atoms with Gasteiger partial charge in [0.25, 0.3) is 0 Å². The number of rotatable bonds is 4. The molecule has 1 saturated heterocycles. The molecule has 1 saturated carbocycles. The van der Waals surface area contributed by atoms with E-state index in [1.807, 2.05) is 35.2 Å². The summed E-state index contributed by atoms with van der Waals surface area (Å²) >= 11 is 0. The summed E-state index contributed by atoms with van der Waals surface area (Å²) in [4.78, 5) is 15.2. The van der Waals surface area contributed by atoms with Gasteiger partial charge in [-0.1, -0.05) is 49.2 Å². The zero-order valence-corrected chi connectivity index (χ0v) is 15.1. The molecule has 136 valence electrons. The third kappa shape index (κ3) is 2.94. The average Bonchev–Trinajstić information content (AvgIpc) is 2.95. The first-order valence-electron chi connectivity index (χ1n) is 9.40. The molecule has 1 amide bonds. The van der Waals surface area contributed by atoms with Crippen molar-refractivity contribution in [3.8, 4) is 11.5 Å². The molecule has 4 heteroatoms. The molecule has 0 radical (unpaired) electrons. The minimum Gasteiger partial charge on any atom is -0.504 e. The van der Waals surface area contributed by atoms with E-state index in [1.165, 1.54) is 6.42 Å². The molecule has 4 nitrogen and oxygen atoms in total. The van der Waals surface area contributed by atoms with Crippen LogP contribution in [0.5, 0.6) is 11.5 Å². The van der Waals surface area contributed by atoms with Crippen molar-refractivity contribution in [3.63, 3.8) is 0 Å². The fourth-order valence-electron chi connectivity index (χ4n) is 4.69. The summed E-state index contributed by atoms with van der Waals surface area (Å²) in [7, 11) is 1.56. The summed E-state index contributed by atoms with van der Waals surface area (Å²) < 4.78 is 5.31. The van der Waals surface area contributed by atoms with Crippen molar-refractivity contribution in [2.75, 3.05) is 7.11 Å². The number of phenols is 1. The molecule has 2 unspecified atom stereocenters. The highest BCUT2D eigenvalue weighted by molar-refractivity contribution is 5.82. The van der Waals surface area contributed by atoms with E-state index >= 15 is 0 Å². The number of ether oxygens (including phenoxy) is 1. The molecule has 0 spiro atoms. The Kier molecular flexibility index (Phi) is 4.58. The molecular weight excluding hydrogens is 326 g/mol. The second-order valence-corrected chi connectivity index (χ2v) is 7.38. The maximum atomic E-state index is 13.2. The van der Waals surface area contributed by atoms with Gasteiger partial charge in [-0.3, -0.25) is 4.79 Å². The molecule has 0 aromatic heterocycles. The maximum absolute atomic E-state index is 13.2. The van der Waals surface area contributed by atoms with Crippen LogP contribution >= 0.6 is 0 Å². The first-order chi connectivity index (χ1) is 12.7. The van der Waals surface area contributed by atoms with E-state index in [0.717, 1.165) is 30.4 Å². The second-order valence-electron chi connectivity index (χ2n) is 7.38. The van der Waals surface area contributed by atoms with Gasteiger partial charge in [-0.15, -0.1) is 0 Å². The summed E-state index contributed by atoms with van der Waals surface area (Å²) in [6, 6.07) is 15.7. The van der Waals surface area contributed by atoms with Crippen molar-refractivity contribution < 1.29 is 14.6 Å². The zero-order chi connectivity index (χ0) is 18.1. The van der Waals surface area contributed by atoms with E-state index < -0.39 is 0 Å². The Balaban J connectivity index is 1.73. The lowest BCUT2D eigenvalue weighted by molar-refractivity contribution is -0.133. The number of aromatic hydroxyl groups is 1. The molecule has 1 heterocycles. The van der Waals surface area contributed by atoms with Crippen LogP contribution in [0.25, 0.3) is 0 Å². The molecule has 4 rings (SSSR count). The van der Waals surface area contributed by atoms with Gasteiger partial charge in [-0.2, -0.15) is 0 Å². The van der Waals surface area contributed by atoms with Crippen molar-refractivity contribution in [2.45, 2.75) is 38.3 Å². The number of nitrogens with zero attached hydrogens (tertiary/aromatic N) is 1. The van der Waals surface area contributed by atoms with Gasteiger partial charge >= 0.3 is 0 Å². The molecule has 2 aliphatic rings. The molecule has 1 N–H and O–H groups in total. The molecule has 1 aliphatic carbocycles. The number of benzene rings is 2. The van der Waals surface area contributed by atoms with Gasteiger partial charge < -0.3 is 14.7 Å². The van der Waals surface area contributed by atoms with Crippen LogP contribution in [-0.2, 0) is 11.3 Å². The normalized spacial score (nSPS) is 25.2. The molecule has 1 aliphatic heterocycles. The van der Waals surface area contributed by atoms with Crippen molar-refractivity contribution >= 4 is 5.91 Å². The van der Waals surface area contributed by atoms with E-state index in [2.05, 4.69) is 12.1 Å². The minimum atomic E-state index is 0.0440. The highest BCUT2D eigenvalue weighted by Gasteiger charge is 2.49. The number of fused-ring (bicyclic) bond motifs is 1. The lowest BCUT2D eigenvalue weighted by Crippen LogP contribution is -2.29. The van der Waals surface area contributed by atoms with Crippen molar-refractivity contribution in [2.24, 2.45) is 11.8 Å². The Hall–Kier alpha value is -2.49. The molecule has 3 atom stereocenters. The van der Waals surface area contributed by atoms with Gasteiger partial charge in [0, 0.05) is 12.5 Å². The summed E-state index contributed by atoms with van der Waals surface area (Å²) in [5.74, 6) is 1.34. The van der Waals surface area contributed by atoms with Crippen LogP contribution in [0, 0.1) is 11.8 Å². The van der Waals surface area contributed by atoms with Crippen LogP contribution < -0.4 is 4.74 Å². The van der Waals surface area contributed by atoms with Crippen LogP contribution in [0.1, 0.15) is 42.9 Å². The number of hydrogen-bond acceptors (Lipinski definition) is 3. The van der Waals surface area contributed by atoms with Crippen molar-refractivity contribution in [3.05, 3.63) is 59.7 Å². The lowest BCUT2D eigenvalue weighted by Gasteiger charge is -2.30. The Labute approximate surface area is 154 Å². The summed E-state index contributed by atoms with van der Waals surface area (Å²) in [5.41, 5.74) is 2.20. The highest BCUT2D eigenvalue weighted by atomic mass is 16.5. The molecule has 2 aromatic rings. The number of amides is 1. The topological polar surface area (TPSA) is 49.8 Å². The second kappa shape index (κ2) is 7.02. The molecule has 26 heavy (non-hydrogen) atoms. The third-order valence-electron chi connectivity index (χ3n) is 5.90. The maximum Gasteiger partial charge on any atom is 0.226 e. The largest absolute Gasteiger partial charge is 0.504 e. The number of likely N-dealkylation sites (tertiary alicyclic amines) is 1. The third-order valence-corrected chi connectivity index (χ3v) is 5.90. The smallest absolute Gasteiger partial charge is 0.226 e. The summed E-state index contributed by atoms with van der Waals surface area (Å²) in [5, 5.41) is 9.96. The van der Waals surface area contributed by atoms with Crippen LogP contribution in [0.4, 0.5) is 0 Å². The average molecular weight is 351 g/mol. The summed E-state index contributed by atoms with van der Waals surface area (Å²) in [6.07, 6.45) is 4.38. The number of carbonyl (C=O) groups excluding carboxylic acids is 1.